The summed E-state index contributed by atoms with van der Waals surface area (Å²) in [5.74, 6) is 1.72. The summed E-state index contributed by atoms with van der Waals surface area (Å²) < 4.78 is 11.1. The molecule has 0 amide bonds. The first-order valence-electron chi connectivity index (χ1n) is 6.96. The molecule has 108 valence electrons. The zero-order valence-electron chi connectivity index (χ0n) is 11.9. The van der Waals surface area contributed by atoms with Crippen LogP contribution in [-0.2, 0) is 0 Å². The van der Waals surface area contributed by atoms with E-state index in [1.165, 1.54) is 0 Å². The summed E-state index contributed by atoms with van der Waals surface area (Å²) >= 11 is 0. The highest BCUT2D eigenvalue weighted by atomic mass is 16.5. The first-order valence-corrected chi connectivity index (χ1v) is 6.96. The highest BCUT2D eigenvalue weighted by Gasteiger charge is 1.97. The first-order chi connectivity index (χ1) is 9.22. The Bertz CT molecular complexity index is 325. The van der Waals surface area contributed by atoms with Gasteiger partial charge in [0, 0.05) is 13.1 Å². The Morgan fingerprint density at radius 2 is 1.68 bits per heavy atom. The lowest BCUT2D eigenvalue weighted by molar-refractivity contribution is 0.188. The minimum atomic E-state index is -0.320. The standard InChI is InChI=1S/C15H25NO3/c1-3-4-10-18-14-5-7-15(8-6-14)19-11-9-16-12-13(2)17/h5-8,13,16-17H,3-4,9-12H2,1-2H3/t13-/m1/s1. The molecule has 1 atom stereocenters. The number of benzene rings is 1. The van der Waals surface area contributed by atoms with Crippen molar-refractivity contribution in [2.45, 2.75) is 32.8 Å². The molecule has 0 aliphatic heterocycles. The molecule has 0 fully saturated rings. The van der Waals surface area contributed by atoms with Gasteiger partial charge in [-0.05, 0) is 37.6 Å². The van der Waals surface area contributed by atoms with Crippen LogP contribution in [0.15, 0.2) is 24.3 Å². The van der Waals surface area contributed by atoms with E-state index in [4.69, 9.17) is 14.6 Å². The van der Waals surface area contributed by atoms with Gasteiger partial charge in [-0.2, -0.15) is 0 Å². The van der Waals surface area contributed by atoms with Gasteiger partial charge in [-0.3, -0.25) is 0 Å². The smallest absolute Gasteiger partial charge is 0.119 e. The Morgan fingerprint density at radius 3 is 2.21 bits per heavy atom. The molecule has 0 aliphatic carbocycles. The number of ether oxygens (including phenoxy) is 2. The Kier molecular flexibility index (Phi) is 8.02. The molecule has 2 N–H and O–H groups in total. The van der Waals surface area contributed by atoms with E-state index in [2.05, 4.69) is 12.2 Å². The van der Waals surface area contributed by atoms with Gasteiger partial charge in [-0.15, -0.1) is 0 Å². The maximum atomic E-state index is 9.07. The van der Waals surface area contributed by atoms with E-state index in [-0.39, 0.29) is 6.10 Å². The summed E-state index contributed by atoms with van der Waals surface area (Å²) in [5, 5.41) is 12.2. The maximum Gasteiger partial charge on any atom is 0.119 e. The topological polar surface area (TPSA) is 50.7 Å². The second-order valence-corrected chi connectivity index (χ2v) is 4.58. The second kappa shape index (κ2) is 9.64. The summed E-state index contributed by atoms with van der Waals surface area (Å²) in [4.78, 5) is 0. The molecule has 4 nitrogen and oxygen atoms in total. The van der Waals surface area contributed by atoms with Crippen molar-refractivity contribution >= 4 is 0 Å². The third-order valence-corrected chi connectivity index (χ3v) is 2.58. The summed E-state index contributed by atoms with van der Waals surface area (Å²) in [6.07, 6.45) is 1.90. The van der Waals surface area contributed by atoms with Crippen LogP contribution in [0.25, 0.3) is 0 Å². The monoisotopic (exact) mass is 267 g/mol. The highest BCUT2D eigenvalue weighted by molar-refractivity contribution is 5.31. The zero-order valence-corrected chi connectivity index (χ0v) is 11.9. The van der Waals surface area contributed by atoms with Crippen LogP contribution in [0, 0.1) is 0 Å². The van der Waals surface area contributed by atoms with Crippen molar-refractivity contribution in [1.82, 2.24) is 5.32 Å². The molecule has 1 aromatic rings. The van der Waals surface area contributed by atoms with Crippen molar-refractivity contribution in [3.63, 3.8) is 0 Å². The fraction of sp³-hybridized carbons (Fsp3) is 0.600. The summed E-state index contributed by atoms with van der Waals surface area (Å²) in [5.41, 5.74) is 0. The molecule has 1 aromatic carbocycles. The van der Waals surface area contributed by atoms with E-state index in [0.29, 0.717) is 13.2 Å². The summed E-state index contributed by atoms with van der Waals surface area (Å²) in [6.45, 7) is 6.56. The molecule has 0 aliphatic rings. The number of rotatable bonds is 10. The molecule has 0 heterocycles. The highest BCUT2D eigenvalue weighted by Crippen LogP contribution is 2.17. The molecular weight excluding hydrogens is 242 g/mol. The fourth-order valence-electron chi connectivity index (χ4n) is 1.52. The molecule has 0 unspecified atom stereocenters. The lowest BCUT2D eigenvalue weighted by atomic mass is 10.3. The normalized spacial score (nSPS) is 12.2. The van der Waals surface area contributed by atoms with Crippen molar-refractivity contribution in [1.29, 1.82) is 0 Å². The lowest BCUT2D eigenvalue weighted by Gasteiger charge is -2.10. The van der Waals surface area contributed by atoms with Gasteiger partial charge in [0.2, 0.25) is 0 Å². The van der Waals surface area contributed by atoms with Crippen molar-refractivity contribution in [2.75, 3.05) is 26.3 Å². The lowest BCUT2D eigenvalue weighted by Crippen LogP contribution is -2.28. The third-order valence-electron chi connectivity index (χ3n) is 2.58. The van der Waals surface area contributed by atoms with Crippen molar-refractivity contribution < 1.29 is 14.6 Å². The molecule has 0 saturated carbocycles. The van der Waals surface area contributed by atoms with Crippen LogP contribution in [-0.4, -0.2) is 37.5 Å². The third kappa shape index (κ3) is 7.70. The van der Waals surface area contributed by atoms with Crippen LogP contribution in [0.4, 0.5) is 0 Å². The maximum absolute atomic E-state index is 9.07. The first kappa shape index (κ1) is 15.8. The summed E-state index contributed by atoms with van der Waals surface area (Å²) in [7, 11) is 0. The molecule has 0 radical (unpaired) electrons. The summed E-state index contributed by atoms with van der Waals surface area (Å²) in [6, 6.07) is 7.67. The average Bonchev–Trinajstić information content (AvgIpc) is 2.40. The minimum Gasteiger partial charge on any atom is -0.494 e. The van der Waals surface area contributed by atoms with Gasteiger partial charge in [0.15, 0.2) is 0 Å². The zero-order chi connectivity index (χ0) is 13.9. The number of aliphatic hydroxyl groups is 1. The van der Waals surface area contributed by atoms with Crippen molar-refractivity contribution in [3.8, 4) is 11.5 Å². The van der Waals surface area contributed by atoms with Crippen LogP contribution in [0.3, 0.4) is 0 Å². The van der Waals surface area contributed by atoms with Gasteiger partial charge in [-0.1, -0.05) is 13.3 Å². The minimum absolute atomic E-state index is 0.320. The number of hydrogen-bond acceptors (Lipinski definition) is 4. The van der Waals surface area contributed by atoms with Crippen LogP contribution in [0.1, 0.15) is 26.7 Å². The van der Waals surface area contributed by atoms with Gasteiger partial charge in [0.25, 0.3) is 0 Å². The quantitative estimate of drug-likeness (QED) is 0.638. The Hall–Kier alpha value is -1.26. The van der Waals surface area contributed by atoms with E-state index in [1.54, 1.807) is 6.92 Å². The second-order valence-electron chi connectivity index (χ2n) is 4.58. The van der Waals surface area contributed by atoms with Crippen LogP contribution >= 0.6 is 0 Å². The number of nitrogens with one attached hydrogen (secondary N) is 1. The number of unbranched alkanes of at least 4 members (excludes halogenated alkanes) is 1. The largest absolute Gasteiger partial charge is 0.494 e. The number of hydrogen-bond donors (Lipinski definition) is 2. The molecule has 0 saturated heterocycles. The van der Waals surface area contributed by atoms with E-state index >= 15 is 0 Å². The van der Waals surface area contributed by atoms with Crippen LogP contribution in [0.5, 0.6) is 11.5 Å². The Morgan fingerprint density at radius 1 is 1.11 bits per heavy atom. The molecule has 4 heteroatoms. The van der Waals surface area contributed by atoms with Gasteiger partial charge < -0.3 is 19.9 Å². The predicted octanol–water partition coefficient (Wildman–Crippen LogP) is 2.21. The number of aliphatic hydroxyl groups excluding tert-OH is 1. The van der Waals surface area contributed by atoms with Crippen LogP contribution < -0.4 is 14.8 Å². The molecule has 0 aromatic heterocycles. The van der Waals surface area contributed by atoms with Crippen LogP contribution in [0.2, 0.25) is 0 Å². The Labute approximate surface area is 115 Å². The predicted molar refractivity (Wildman–Crippen MR) is 76.9 cm³/mol. The van der Waals surface area contributed by atoms with E-state index in [1.807, 2.05) is 24.3 Å². The van der Waals surface area contributed by atoms with Gasteiger partial charge in [0.1, 0.15) is 18.1 Å². The van der Waals surface area contributed by atoms with Gasteiger partial charge in [0.05, 0.1) is 12.7 Å². The van der Waals surface area contributed by atoms with E-state index in [9.17, 15) is 0 Å². The molecule has 0 bridgehead atoms. The molecule has 1 rings (SSSR count). The average molecular weight is 267 g/mol. The SMILES string of the molecule is CCCCOc1ccc(OCCNC[C@@H](C)O)cc1. The molecule has 0 spiro atoms. The molecular formula is C15H25NO3. The fourth-order valence-corrected chi connectivity index (χ4v) is 1.52. The molecule has 19 heavy (non-hydrogen) atoms. The van der Waals surface area contributed by atoms with Gasteiger partial charge >= 0.3 is 0 Å². The van der Waals surface area contributed by atoms with E-state index in [0.717, 1.165) is 37.5 Å². The van der Waals surface area contributed by atoms with Crippen molar-refractivity contribution in [2.24, 2.45) is 0 Å². The van der Waals surface area contributed by atoms with E-state index < -0.39 is 0 Å². The Balaban J connectivity index is 2.17. The van der Waals surface area contributed by atoms with Crippen molar-refractivity contribution in [3.05, 3.63) is 24.3 Å². The van der Waals surface area contributed by atoms with Gasteiger partial charge in [-0.25, -0.2) is 0 Å².